The van der Waals surface area contributed by atoms with Gasteiger partial charge >= 0.3 is 6.09 Å². The molecule has 1 rings (SSSR count). The van der Waals surface area contributed by atoms with Crippen molar-refractivity contribution in [3.05, 3.63) is 34.1 Å². The van der Waals surface area contributed by atoms with E-state index in [2.05, 4.69) is 10.6 Å². The molecule has 0 spiro atoms. The van der Waals surface area contributed by atoms with Gasteiger partial charge in [-0.15, -0.1) is 0 Å². The Morgan fingerprint density at radius 3 is 2.64 bits per heavy atom. The summed E-state index contributed by atoms with van der Waals surface area (Å²) in [5.41, 5.74) is -0.539. The first-order chi connectivity index (χ1) is 10.4. The summed E-state index contributed by atoms with van der Waals surface area (Å²) < 4.78 is 13.5. The zero-order valence-electron chi connectivity index (χ0n) is 11.7. The summed E-state index contributed by atoms with van der Waals surface area (Å²) in [6, 6.07) is 2.90. The molecule has 22 heavy (non-hydrogen) atoms. The second-order valence-electron chi connectivity index (χ2n) is 4.51. The third-order valence-electron chi connectivity index (χ3n) is 2.79. The molecule has 8 nitrogen and oxygen atoms in total. The number of benzene rings is 1. The fourth-order valence-corrected chi connectivity index (χ4v) is 1.72. The summed E-state index contributed by atoms with van der Waals surface area (Å²) in [7, 11) is 0. The Bertz CT molecular complexity index is 565. The van der Waals surface area contributed by atoms with Crippen LogP contribution in [0.5, 0.6) is 0 Å². The van der Waals surface area contributed by atoms with Crippen LogP contribution < -0.4 is 10.6 Å². The van der Waals surface area contributed by atoms with Crippen molar-refractivity contribution >= 4 is 23.4 Å². The lowest BCUT2D eigenvalue weighted by Gasteiger charge is -2.06. The van der Waals surface area contributed by atoms with Gasteiger partial charge in [-0.1, -0.05) is 6.42 Å². The predicted molar refractivity (Wildman–Crippen MR) is 76.2 cm³/mol. The molecule has 0 fully saturated rings. The molecule has 9 heteroatoms. The number of nitro benzene ring substituents is 1. The van der Waals surface area contributed by atoms with E-state index in [9.17, 15) is 24.1 Å². The van der Waals surface area contributed by atoms with Gasteiger partial charge in [-0.2, -0.15) is 0 Å². The van der Waals surface area contributed by atoms with E-state index in [0.717, 1.165) is 18.2 Å². The molecule has 0 aliphatic carbocycles. The summed E-state index contributed by atoms with van der Waals surface area (Å²) in [5.74, 6) is -1.20. The Labute approximate surface area is 125 Å². The monoisotopic (exact) mass is 313 g/mol. The molecular weight excluding hydrogens is 297 g/mol. The van der Waals surface area contributed by atoms with Gasteiger partial charge in [0.1, 0.15) is 5.82 Å². The van der Waals surface area contributed by atoms with Crippen LogP contribution in [0.1, 0.15) is 25.7 Å². The molecular formula is C13H16FN3O5. The van der Waals surface area contributed by atoms with Crippen LogP contribution in [-0.4, -0.2) is 28.6 Å². The second kappa shape index (κ2) is 8.55. The molecule has 0 aliphatic rings. The highest BCUT2D eigenvalue weighted by Crippen LogP contribution is 2.21. The summed E-state index contributed by atoms with van der Waals surface area (Å²) in [6.45, 7) is 0.302. The first kappa shape index (κ1) is 17.3. The van der Waals surface area contributed by atoms with E-state index in [0.29, 0.717) is 25.8 Å². The van der Waals surface area contributed by atoms with Gasteiger partial charge < -0.3 is 15.7 Å². The minimum Gasteiger partial charge on any atom is -0.465 e. The van der Waals surface area contributed by atoms with Crippen molar-refractivity contribution in [1.82, 2.24) is 5.32 Å². The number of carboxylic acid groups (broad SMARTS) is 1. The maximum atomic E-state index is 13.5. The van der Waals surface area contributed by atoms with Crippen molar-refractivity contribution < 1.29 is 24.0 Å². The number of hydrogen-bond acceptors (Lipinski definition) is 4. The SMILES string of the molecule is O=C(O)NCCCCCC(=O)Nc1cc([N+](=O)[O-])ccc1F. The molecule has 0 aliphatic heterocycles. The van der Waals surface area contributed by atoms with Crippen LogP contribution in [0.2, 0.25) is 0 Å². The standard InChI is InChI=1S/C13H16FN3O5/c14-10-6-5-9(17(21)22)8-11(10)16-12(18)4-2-1-3-7-15-13(19)20/h5-6,8,15H,1-4,7H2,(H,16,18)(H,19,20). The van der Waals surface area contributed by atoms with Crippen molar-refractivity contribution in [2.24, 2.45) is 0 Å². The molecule has 0 heterocycles. The molecule has 3 N–H and O–H groups in total. The second-order valence-corrected chi connectivity index (χ2v) is 4.51. The lowest BCUT2D eigenvalue weighted by Crippen LogP contribution is -2.21. The number of anilines is 1. The molecule has 0 aromatic heterocycles. The van der Waals surface area contributed by atoms with Crippen molar-refractivity contribution in [1.29, 1.82) is 0 Å². The zero-order valence-corrected chi connectivity index (χ0v) is 11.7. The third kappa shape index (κ3) is 6.16. The Morgan fingerprint density at radius 2 is 2.00 bits per heavy atom. The Morgan fingerprint density at radius 1 is 1.27 bits per heavy atom. The molecule has 1 aromatic carbocycles. The maximum absolute atomic E-state index is 13.5. The largest absolute Gasteiger partial charge is 0.465 e. The van der Waals surface area contributed by atoms with E-state index in [1.165, 1.54) is 0 Å². The Kier molecular flexibility index (Phi) is 6.74. The van der Waals surface area contributed by atoms with Crippen LogP contribution in [0.3, 0.4) is 0 Å². The van der Waals surface area contributed by atoms with Crippen molar-refractivity contribution in [3.8, 4) is 0 Å². The maximum Gasteiger partial charge on any atom is 0.404 e. The molecule has 0 unspecified atom stereocenters. The average Bonchev–Trinajstić information content (AvgIpc) is 2.44. The summed E-state index contributed by atoms with van der Waals surface area (Å²) >= 11 is 0. The van der Waals surface area contributed by atoms with Crippen LogP contribution in [-0.2, 0) is 4.79 Å². The number of hydrogen-bond donors (Lipinski definition) is 3. The Balaban J connectivity index is 2.37. The number of carbonyl (C=O) groups excluding carboxylic acids is 1. The highest BCUT2D eigenvalue weighted by molar-refractivity contribution is 5.91. The highest BCUT2D eigenvalue weighted by Gasteiger charge is 2.12. The molecule has 0 bridgehead atoms. The average molecular weight is 313 g/mol. The number of nitrogens with zero attached hydrogens (tertiary/aromatic N) is 1. The first-order valence-corrected chi connectivity index (χ1v) is 6.60. The number of rotatable bonds is 8. The molecule has 0 saturated carbocycles. The minimum absolute atomic E-state index is 0.120. The number of carbonyl (C=O) groups is 2. The molecule has 2 amide bonds. The smallest absolute Gasteiger partial charge is 0.404 e. The predicted octanol–water partition coefficient (Wildman–Crippen LogP) is 2.50. The third-order valence-corrected chi connectivity index (χ3v) is 2.79. The van der Waals surface area contributed by atoms with Gasteiger partial charge in [0, 0.05) is 25.1 Å². The molecule has 1 aromatic rings. The number of nitro groups is 1. The lowest BCUT2D eigenvalue weighted by atomic mass is 10.2. The van der Waals surface area contributed by atoms with Gasteiger partial charge in [-0.3, -0.25) is 14.9 Å². The van der Waals surface area contributed by atoms with Gasteiger partial charge in [0.2, 0.25) is 5.91 Å². The van der Waals surface area contributed by atoms with Gasteiger partial charge in [-0.05, 0) is 18.9 Å². The summed E-state index contributed by atoms with van der Waals surface area (Å²) in [4.78, 5) is 31.7. The number of nitrogens with one attached hydrogen (secondary N) is 2. The number of non-ortho nitro benzene ring substituents is 1. The molecule has 0 radical (unpaired) electrons. The van der Waals surface area contributed by atoms with E-state index in [1.54, 1.807) is 0 Å². The zero-order chi connectivity index (χ0) is 16.5. The summed E-state index contributed by atoms with van der Waals surface area (Å²) in [5, 5.41) is 23.4. The molecule has 0 saturated heterocycles. The van der Waals surface area contributed by atoms with Crippen molar-refractivity contribution in [3.63, 3.8) is 0 Å². The van der Waals surface area contributed by atoms with Gasteiger partial charge in [0.15, 0.2) is 0 Å². The topological polar surface area (TPSA) is 122 Å². The van der Waals surface area contributed by atoms with E-state index < -0.39 is 22.7 Å². The van der Waals surface area contributed by atoms with Crippen LogP contribution in [0.15, 0.2) is 18.2 Å². The summed E-state index contributed by atoms with van der Waals surface area (Å²) in [6.07, 6.45) is 0.744. The van der Waals surface area contributed by atoms with Gasteiger partial charge in [0.05, 0.1) is 10.6 Å². The molecule has 120 valence electrons. The quantitative estimate of drug-likeness (QED) is 0.387. The lowest BCUT2D eigenvalue weighted by molar-refractivity contribution is -0.384. The van der Waals surface area contributed by atoms with Crippen LogP contribution in [0.25, 0.3) is 0 Å². The Hall–Kier alpha value is -2.71. The van der Waals surface area contributed by atoms with Gasteiger partial charge in [-0.25, -0.2) is 9.18 Å². The number of amides is 2. The number of halogens is 1. The van der Waals surface area contributed by atoms with Crippen molar-refractivity contribution in [2.75, 3.05) is 11.9 Å². The van der Waals surface area contributed by atoms with E-state index in [1.807, 2.05) is 0 Å². The first-order valence-electron chi connectivity index (χ1n) is 6.60. The molecule has 0 atom stereocenters. The van der Waals surface area contributed by atoms with E-state index in [4.69, 9.17) is 5.11 Å². The van der Waals surface area contributed by atoms with Gasteiger partial charge in [0.25, 0.3) is 5.69 Å². The number of unbranched alkanes of at least 4 members (excludes halogenated alkanes) is 2. The normalized spacial score (nSPS) is 10.0. The van der Waals surface area contributed by atoms with E-state index >= 15 is 0 Å². The van der Waals surface area contributed by atoms with Crippen LogP contribution in [0, 0.1) is 15.9 Å². The minimum atomic E-state index is -1.10. The van der Waals surface area contributed by atoms with Crippen molar-refractivity contribution in [2.45, 2.75) is 25.7 Å². The fraction of sp³-hybridized carbons (Fsp3) is 0.385. The fourth-order valence-electron chi connectivity index (χ4n) is 1.72. The highest BCUT2D eigenvalue weighted by atomic mass is 19.1. The van der Waals surface area contributed by atoms with Crippen LogP contribution in [0.4, 0.5) is 20.6 Å². The van der Waals surface area contributed by atoms with Crippen LogP contribution >= 0.6 is 0 Å². The van der Waals surface area contributed by atoms with E-state index in [-0.39, 0.29) is 17.8 Å².